The number of amides is 4. The van der Waals surface area contributed by atoms with Crippen LogP contribution < -0.4 is 9.80 Å². The Kier molecular flexibility index (Phi) is 5.42. The highest BCUT2D eigenvalue weighted by molar-refractivity contribution is 6.47. The van der Waals surface area contributed by atoms with Crippen LogP contribution in [0.2, 0.25) is 0 Å². The van der Waals surface area contributed by atoms with Gasteiger partial charge < -0.3 is 20.4 Å². The molecule has 264 valence electrons. The molecular weight excluding hydrogens is 709 g/mol. The average Bonchev–Trinajstić information content (AvgIpc) is 3.17. The number of imide groups is 2. The lowest BCUT2D eigenvalue weighted by Crippen LogP contribution is -2.40. The first-order chi connectivity index (χ1) is 27.1. The number of fused-ring (bicyclic) bond motifs is 4. The third kappa shape index (κ3) is 3.55. The fraction of sp³-hybridized carbons (Fsp3) is 0. The molecule has 0 aliphatic carbocycles. The van der Waals surface area contributed by atoms with Gasteiger partial charge in [-0.05, 0) is 88.9 Å². The van der Waals surface area contributed by atoms with Gasteiger partial charge in [0.2, 0.25) is 0 Å². The summed E-state index contributed by atoms with van der Waals surface area (Å²) in [6.07, 6.45) is 0. The van der Waals surface area contributed by atoms with E-state index in [2.05, 4.69) is 0 Å². The van der Waals surface area contributed by atoms with Crippen molar-refractivity contribution in [2.24, 2.45) is 0 Å². The first-order valence-electron chi connectivity index (χ1n) is 17.7. The summed E-state index contributed by atoms with van der Waals surface area (Å²) in [6.45, 7) is 0. The van der Waals surface area contributed by atoms with Crippen LogP contribution in [-0.4, -0.2) is 44.1 Å². The van der Waals surface area contributed by atoms with Crippen LogP contribution in [0.3, 0.4) is 0 Å². The van der Waals surface area contributed by atoms with Crippen LogP contribution in [0.15, 0.2) is 109 Å². The predicted molar refractivity (Wildman–Crippen MR) is 213 cm³/mol. The summed E-state index contributed by atoms with van der Waals surface area (Å²) in [4.78, 5) is 58.2. The lowest BCUT2D eigenvalue weighted by Gasteiger charge is -2.29. The maximum atomic E-state index is 14.1. The Labute approximate surface area is 313 Å². The number of aromatic hydroxyl groups is 4. The molecule has 0 spiro atoms. The van der Waals surface area contributed by atoms with E-state index in [1.165, 1.54) is 24.3 Å². The van der Waals surface area contributed by atoms with Gasteiger partial charge in [-0.15, -0.1) is 0 Å². The maximum Gasteiger partial charge on any atom is 0.265 e. The van der Waals surface area contributed by atoms with Gasteiger partial charge in [0.05, 0.1) is 11.4 Å². The van der Waals surface area contributed by atoms with Crippen molar-refractivity contribution < 1.29 is 39.6 Å². The smallest absolute Gasteiger partial charge is 0.265 e. The molecule has 4 N–H and O–H groups in total. The third-order valence-electron chi connectivity index (χ3n) is 11.7. The molecule has 2 heterocycles. The van der Waals surface area contributed by atoms with E-state index in [1.54, 1.807) is 24.3 Å². The number of anilines is 2. The number of rotatable bonds is 2. The van der Waals surface area contributed by atoms with E-state index in [1.807, 2.05) is 48.5 Å². The lowest BCUT2D eigenvalue weighted by molar-refractivity contribution is 0.0877. The molecule has 10 aromatic rings. The van der Waals surface area contributed by atoms with E-state index in [0.29, 0.717) is 33.0 Å². The number of benzene rings is 10. The Morgan fingerprint density at radius 2 is 0.500 bits per heavy atom. The summed E-state index contributed by atoms with van der Waals surface area (Å²) in [7, 11) is 0. The quantitative estimate of drug-likeness (QED) is 0.0780. The molecule has 0 saturated carbocycles. The van der Waals surface area contributed by atoms with Gasteiger partial charge in [-0.25, -0.2) is 9.80 Å². The minimum absolute atomic E-state index is 0.0598. The van der Waals surface area contributed by atoms with E-state index in [0.717, 1.165) is 86.6 Å². The number of hydrogen-bond donors (Lipinski definition) is 4. The minimum atomic E-state index is -0.566. The number of phenols is 4. The van der Waals surface area contributed by atoms with Crippen LogP contribution in [0.5, 0.6) is 23.0 Å². The van der Waals surface area contributed by atoms with E-state index in [4.69, 9.17) is 0 Å². The molecule has 0 aromatic heterocycles. The second kappa shape index (κ2) is 9.95. The van der Waals surface area contributed by atoms with Crippen LogP contribution in [0.25, 0.3) is 75.4 Å². The number of nitrogens with zero attached hydrogens (tertiary/aromatic N) is 2. The van der Waals surface area contributed by atoms with Crippen molar-refractivity contribution in [3.63, 3.8) is 0 Å². The molecule has 0 fully saturated rings. The zero-order valence-electron chi connectivity index (χ0n) is 28.7. The fourth-order valence-electron chi connectivity index (χ4n) is 9.55. The second-order valence-corrected chi connectivity index (χ2v) is 14.5. The van der Waals surface area contributed by atoms with Gasteiger partial charge >= 0.3 is 0 Å². The largest absolute Gasteiger partial charge is 0.508 e. The number of phenolic OH excluding ortho intramolecular Hbond substituents is 4. The topological polar surface area (TPSA) is 156 Å². The summed E-state index contributed by atoms with van der Waals surface area (Å²) < 4.78 is 0. The lowest BCUT2D eigenvalue weighted by atomic mass is 9.81. The van der Waals surface area contributed by atoms with Gasteiger partial charge in [-0.2, -0.15) is 0 Å². The van der Waals surface area contributed by atoms with Crippen molar-refractivity contribution in [2.75, 3.05) is 9.80 Å². The zero-order chi connectivity index (χ0) is 38.0. The summed E-state index contributed by atoms with van der Waals surface area (Å²) in [5.74, 6) is -3.39. The minimum Gasteiger partial charge on any atom is -0.508 e. The van der Waals surface area contributed by atoms with Crippen LogP contribution in [0.4, 0.5) is 11.4 Å². The van der Waals surface area contributed by atoms with Crippen molar-refractivity contribution >= 4 is 110 Å². The van der Waals surface area contributed by atoms with E-state index in [-0.39, 0.29) is 34.4 Å². The van der Waals surface area contributed by atoms with Crippen LogP contribution >= 0.6 is 0 Å². The standard InChI is InChI=1S/C46H22N2O8/c49-21-13-19(14-22(50)17-21)47-43(53)33-9-5-29-25-1-2-26-30-6-10-35-42-36(46(56)48(45(35)55)20-15-23(51)18-24(52)16-20)12-8-32(40(30)42)28-4-3-27(37(25)38(26)28)31-7-11-34(44(47)54)41(33)39(29)31/h1-18,49-52H. The zero-order valence-corrected chi connectivity index (χ0v) is 28.7. The van der Waals surface area contributed by atoms with Crippen molar-refractivity contribution in [3.05, 3.63) is 131 Å². The SMILES string of the molecule is O=C1c2ccc3c4ccc5c6ccc7c8c(ccc(c9ccc(c%10ccc(c2c3%10)C(=O)N1c1cc(O)cc(O)c1)c4c59)c86)C(=O)N(c1cc(O)cc(O)c1)C7=O. The first kappa shape index (κ1) is 30.5. The molecule has 0 radical (unpaired) electrons. The molecule has 2 aliphatic heterocycles. The number of hydrogen-bond acceptors (Lipinski definition) is 8. The summed E-state index contributed by atoms with van der Waals surface area (Å²) >= 11 is 0. The van der Waals surface area contributed by atoms with Gasteiger partial charge in [0.25, 0.3) is 23.6 Å². The molecule has 10 aromatic carbocycles. The third-order valence-corrected chi connectivity index (χ3v) is 11.7. The number of carbonyl (C=O) groups excluding carboxylic acids is 4. The molecule has 56 heavy (non-hydrogen) atoms. The molecule has 0 saturated heterocycles. The normalized spacial score (nSPS) is 14.4. The Morgan fingerprint density at radius 3 is 0.750 bits per heavy atom. The van der Waals surface area contributed by atoms with E-state index >= 15 is 0 Å². The van der Waals surface area contributed by atoms with Gasteiger partial charge in [-0.1, -0.05) is 48.5 Å². The van der Waals surface area contributed by atoms with Crippen LogP contribution in [0, 0.1) is 0 Å². The highest BCUT2D eigenvalue weighted by Crippen LogP contribution is 2.50. The highest BCUT2D eigenvalue weighted by Gasteiger charge is 2.38. The molecule has 10 heteroatoms. The molecule has 0 bridgehead atoms. The van der Waals surface area contributed by atoms with Gasteiger partial charge in [0.1, 0.15) is 23.0 Å². The van der Waals surface area contributed by atoms with Gasteiger partial charge in [0, 0.05) is 69.4 Å². The van der Waals surface area contributed by atoms with Crippen molar-refractivity contribution in [2.45, 2.75) is 0 Å². The molecular formula is C46H22N2O8. The first-order valence-corrected chi connectivity index (χ1v) is 17.7. The fourth-order valence-corrected chi connectivity index (χ4v) is 9.55. The highest BCUT2D eigenvalue weighted by atomic mass is 16.3. The Balaban J connectivity index is 1.12. The maximum absolute atomic E-state index is 14.1. The van der Waals surface area contributed by atoms with E-state index < -0.39 is 23.6 Å². The van der Waals surface area contributed by atoms with Crippen LogP contribution in [-0.2, 0) is 0 Å². The number of carbonyl (C=O) groups is 4. The Bertz CT molecular complexity index is 3130. The molecule has 0 unspecified atom stereocenters. The predicted octanol–water partition coefficient (Wildman–Crippen LogP) is 9.06. The van der Waals surface area contributed by atoms with Gasteiger partial charge in [0.15, 0.2) is 0 Å². The molecule has 4 amide bonds. The molecule has 10 nitrogen and oxygen atoms in total. The van der Waals surface area contributed by atoms with Crippen LogP contribution in [0.1, 0.15) is 41.4 Å². The monoisotopic (exact) mass is 730 g/mol. The average molecular weight is 731 g/mol. The van der Waals surface area contributed by atoms with E-state index in [9.17, 15) is 39.6 Å². The van der Waals surface area contributed by atoms with Crippen molar-refractivity contribution in [3.8, 4) is 23.0 Å². The Hall–Kier alpha value is -7.98. The summed E-state index contributed by atoms with van der Waals surface area (Å²) in [6, 6.07) is 30.0. The van der Waals surface area contributed by atoms with Gasteiger partial charge in [-0.3, -0.25) is 19.2 Å². The summed E-state index contributed by atoms with van der Waals surface area (Å²) in [5, 5.41) is 52.5. The molecule has 12 rings (SSSR count). The second-order valence-electron chi connectivity index (χ2n) is 14.5. The summed E-state index contributed by atoms with van der Waals surface area (Å²) in [5.41, 5.74) is 1.43. The van der Waals surface area contributed by atoms with Crippen molar-refractivity contribution in [1.29, 1.82) is 0 Å². The Morgan fingerprint density at radius 1 is 0.286 bits per heavy atom. The molecule has 0 atom stereocenters. The molecule has 2 aliphatic rings. The van der Waals surface area contributed by atoms with Crippen molar-refractivity contribution in [1.82, 2.24) is 0 Å².